The zero-order valence-corrected chi connectivity index (χ0v) is 17.5. The third-order valence-corrected chi connectivity index (χ3v) is 6.47. The molecule has 1 aliphatic heterocycles. The van der Waals surface area contributed by atoms with Crippen molar-refractivity contribution in [3.05, 3.63) is 20.8 Å². The minimum atomic E-state index is -0.249. The van der Waals surface area contributed by atoms with Crippen molar-refractivity contribution in [1.82, 2.24) is 18.7 Å². The van der Waals surface area contributed by atoms with E-state index >= 15 is 0 Å². The van der Waals surface area contributed by atoms with Gasteiger partial charge in [-0.2, -0.15) is 4.98 Å². The van der Waals surface area contributed by atoms with Crippen molar-refractivity contribution in [3.63, 3.8) is 0 Å². The number of rotatable bonds is 5. The molecule has 2 aromatic rings. The van der Waals surface area contributed by atoms with Crippen LogP contribution in [0.4, 0.5) is 5.95 Å². The summed E-state index contributed by atoms with van der Waals surface area (Å²) in [6.45, 7) is 6.62. The average molecular weight is 388 g/mol. The lowest BCUT2D eigenvalue weighted by Crippen LogP contribution is -2.45. The molecular weight excluding hydrogens is 354 g/mol. The molecule has 2 aliphatic rings. The van der Waals surface area contributed by atoms with E-state index in [1.54, 1.807) is 11.6 Å². The van der Waals surface area contributed by atoms with E-state index in [0.717, 1.165) is 38.3 Å². The van der Waals surface area contributed by atoms with Crippen LogP contribution in [0.2, 0.25) is 0 Å². The Hall–Kier alpha value is -2.05. The van der Waals surface area contributed by atoms with Gasteiger partial charge >= 0.3 is 5.69 Å². The highest BCUT2D eigenvalue weighted by atomic mass is 16.2. The molecule has 0 radical (unpaired) electrons. The Bertz CT molecular complexity index is 964. The number of unbranched alkanes of at least 4 members (excludes halogenated alkanes) is 2. The third-order valence-electron chi connectivity index (χ3n) is 6.47. The summed E-state index contributed by atoms with van der Waals surface area (Å²) in [7, 11) is 1.74. The lowest BCUT2D eigenvalue weighted by atomic mass is 9.93. The second-order valence-electron chi connectivity index (χ2n) is 8.75. The molecule has 154 valence electrons. The highest BCUT2D eigenvalue weighted by Crippen LogP contribution is 2.32. The molecule has 0 spiro atoms. The molecule has 1 aliphatic carbocycles. The van der Waals surface area contributed by atoms with Gasteiger partial charge in [-0.05, 0) is 25.2 Å². The van der Waals surface area contributed by atoms with Gasteiger partial charge in [0.1, 0.15) is 0 Å². The number of imidazole rings is 1. The largest absolute Gasteiger partial charge is 0.339 e. The van der Waals surface area contributed by atoms with Crippen molar-refractivity contribution in [1.29, 1.82) is 0 Å². The fraction of sp³-hybridized carbons (Fsp3) is 0.762. The molecule has 0 aromatic carbocycles. The summed E-state index contributed by atoms with van der Waals surface area (Å²) in [5.41, 5.74) is 0.708. The molecule has 1 atom stereocenters. The van der Waals surface area contributed by atoms with E-state index in [1.807, 2.05) is 0 Å². The maximum Gasteiger partial charge on any atom is 0.332 e. The maximum absolute atomic E-state index is 13.3. The normalized spacial score (nSPS) is 20.7. The summed E-state index contributed by atoms with van der Waals surface area (Å²) in [5, 5.41) is 0. The zero-order chi connectivity index (χ0) is 19.8. The van der Waals surface area contributed by atoms with Gasteiger partial charge in [-0.3, -0.25) is 13.9 Å². The Morgan fingerprint density at radius 3 is 2.54 bits per heavy atom. The van der Waals surface area contributed by atoms with Crippen molar-refractivity contribution in [3.8, 4) is 0 Å². The van der Waals surface area contributed by atoms with E-state index in [9.17, 15) is 9.59 Å². The van der Waals surface area contributed by atoms with Crippen LogP contribution >= 0.6 is 0 Å². The Morgan fingerprint density at radius 1 is 1.07 bits per heavy atom. The van der Waals surface area contributed by atoms with E-state index < -0.39 is 0 Å². The van der Waals surface area contributed by atoms with Crippen LogP contribution in [0.25, 0.3) is 11.2 Å². The van der Waals surface area contributed by atoms with Gasteiger partial charge in [0.15, 0.2) is 11.2 Å². The van der Waals surface area contributed by atoms with Crippen LogP contribution in [0.1, 0.15) is 65.2 Å². The number of hydrogen-bond acceptors (Lipinski definition) is 4. The number of nitrogens with zero attached hydrogens (tertiary/aromatic N) is 5. The topological polar surface area (TPSA) is 65.1 Å². The molecular formula is C21H33N5O2. The van der Waals surface area contributed by atoms with Crippen LogP contribution in [0.3, 0.4) is 0 Å². The second kappa shape index (κ2) is 7.76. The van der Waals surface area contributed by atoms with Crippen LogP contribution < -0.4 is 16.1 Å². The zero-order valence-electron chi connectivity index (χ0n) is 17.5. The molecule has 0 N–H and O–H groups in total. The maximum atomic E-state index is 13.3. The highest BCUT2D eigenvalue weighted by molar-refractivity contribution is 5.75. The van der Waals surface area contributed by atoms with Gasteiger partial charge in [0.05, 0.1) is 0 Å². The minimum absolute atomic E-state index is 0.175. The lowest BCUT2D eigenvalue weighted by molar-refractivity contribution is 0.354. The van der Waals surface area contributed by atoms with E-state index in [1.165, 1.54) is 36.7 Å². The smallest absolute Gasteiger partial charge is 0.332 e. The fourth-order valence-corrected chi connectivity index (χ4v) is 4.96. The Labute approximate surface area is 166 Å². The van der Waals surface area contributed by atoms with Gasteiger partial charge in [0.25, 0.3) is 5.56 Å². The van der Waals surface area contributed by atoms with Crippen molar-refractivity contribution in [2.24, 2.45) is 13.0 Å². The molecule has 1 saturated carbocycles. The second-order valence-corrected chi connectivity index (χ2v) is 8.75. The first-order valence-electron chi connectivity index (χ1n) is 11.0. The first kappa shape index (κ1) is 19.3. The van der Waals surface area contributed by atoms with Crippen LogP contribution in [0.15, 0.2) is 9.59 Å². The summed E-state index contributed by atoms with van der Waals surface area (Å²) < 4.78 is 5.07. The van der Waals surface area contributed by atoms with E-state index in [2.05, 4.69) is 23.3 Å². The first-order chi connectivity index (χ1) is 13.5. The van der Waals surface area contributed by atoms with Crippen LogP contribution in [-0.4, -0.2) is 31.3 Å². The summed E-state index contributed by atoms with van der Waals surface area (Å²) >= 11 is 0. The van der Waals surface area contributed by atoms with Gasteiger partial charge in [-0.25, -0.2) is 4.79 Å². The van der Waals surface area contributed by atoms with E-state index in [-0.39, 0.29) is 11.2 Å². The third kappa shape index (κ3) is 3.18. The molecule has 0 bridgehead atoms. The van der Waals surface area contributed by atoms with Crippen LogP contribution in [0, 0.1) is 5.92 Å². The molecule has 7 heteroatoms. The summed E-state index contributed by atoms with van der Waals surface area (Å²) in [5.74, 6) is 1.34. The average Bonchev–Trinajstić information content (AvgIpc) is 3.08. The van der Waals surface area contributed by atoms with Crippen LogP contribution in [0.5, 0.6) is 0 Å². The Kier molecular flexibility index (Phi) is 5.34. The van der Waals surface area contributed by atoms with E-state index in [0.29, 0.717) is 29.7 Å². The molecule has 28 heavy (non-hydrogen) atoms. The predicted octanol–water partition coefficient (Wildman–Crippen LogP) is 2.88. The molecule has 4 rings (SSSR count). The number of aromatic nitrogens is 4. The van der Waals surface area contributed by atoms with Gasteiger partial charge in [0.2, 0.25) is 5.95 Å². The van der Waals surface area contributed by atoms with Gasteiger partial charge < -0.3 is 9.47 Å². The highest BCUT2D eigenvalue weighted by Gasteiger charge is 2.33. The number of aryl methyl sites for hydroxylation is 1. The van der Waals surface area contributed by atoms with Gasteiger partial charge in [0, 0.05) is 32.7 Å². The minimum Gasteiger partial charge on any atom is -0.339 e. The van der Waals surface area contributed by atoms with Crippen molar-refractivity contribution in [2.45, 2.75) is 84.3 Å². The molecule has 0 saturated heterocycles. The first-order valence-corrected chi connectivity index (χ1v) is 11.0. The molecule has 2 aromatic heterocycles. The van der Waals surface area contributed by atoms with E-state index in [4.69, 9.17) is 4.98 Å². The number of anilines is 1. The van der Waals surface area contributed by atoms with Crippen molar-refractivity contribution < 1.29 is 0 Å². The van der Waals surface area contributed by atoms with Crippen molar-refractivity contribution in [2.75, 3.05) is 11.4 Å². The Morgan fingerprint density at radius 2 is 1.82 bits per heavy atom. The summed E-state index contributed by atoms with van der Waals surface area (Å²) in [6.07, 6.45) is 9.15. The quantitative estimate of drug-likeness (QED) is 0.740. The predicted molar refractivity (Wildman–Crippen MR) is 112 cm³/mol. The van der Waals surface area contributed by atoms with Gasteiger partial charge in [-0.1, -0.05) is 46.0 Å². The molecule has 0 amide bonds. The number of fused-ring (bicyclic) bond motifs is 3. The fourth-order valence-electron chi connectivity index (χ4n) is 4.96. The SMILES string of the molecule is CCCCCn1c(=O)c2c(nc3n2C[C@@H](C)CN3C2CCCCC2)n(C)c1=O. The lowest BCUT2D eigenvalue weighted by Gasteiger charge is -2.40. The monoisotopic (exact) mass is 387 g/mol. The molecule has 3 heterocycles. The molecule has 7 nitrogen and oxygen atoms in total. The summed E-state index contributed by atoms with van der Waals surface area (Å²) in [6, 6.07) is 0.496. The molecule has 0 unspecified atom stereocenters. The molecule has 1 fully saturated rings. The standard InChI is InChI=1S/C21H33N5O2/c1-4-5-9-12-24-19(27)17-18(23(3)21(24)28)22-20-25(13-15(2)14-26(17)20)16-10-7-6-8-11-16/h15-16H,4-14H2,1-3H3/t15-/m0/s1. The van der Waals surface area contributed by atoms with Gasteiger partial charge in [-0.15, -0.1) is 0 Å². The summed E-state index contributed by atoms with van der Waals surface area (Å²) in [4.78, 5) is 33.4. The van der Waals surface area contributed by atoms with Crippen molar-refractivity contribution >= 4 is 17.1 Å². The Balaban J connectivity index is 1.85. The van der Waals surface area contributed by atoms with Crippen LogP contribution in [-0.2, 0) is 20.1 Å². The number of hydrogen-bond donors (Lipinski definition) is 0.